The number of hydrogen-bond acceptors (Lipinski definition) is 4. The van der Waals surface area contributed by atoms with Crippen LogP contribution in [0.3, 0.4) is 0 Å². The van der Waals surface area contributed by atoms with E-state index in [-0.39, 0.29) is 0 Å². The standard InChI is InChI=1S/C13H15NO2S/c1-11-9-13(16-14-11)10-17-8-7-15-12-5-3-2-4-6-12/h2-6,9H,7-8,10H2,1H3. The molecule has 3 nitrogen and oxygen atoms in total. The molecule has 0 amide bonds. The second kappa shape index (κ2) is 6.35. The average Bonchev–Trinajstić information content (AvgIpc) is 2.76. The lowest BCUT2D eigenvalue weighted by Crippen LogP contribution is -1.99. The summed E-state index contributed by atoms with van der Waals surface area (Å²) < 4.78 is 10.7. The van der Waals surface area contributed by atoms with Crippen molar-refractivity contribution in [1.82, 2.24) is 5.16 Å². The molecule has 0 saturated heterocycles. The van der Waals surface area contributed by atoms with Crippen LogP contribution in [-0.2, 0) is 5.75 Å². The van der Waals surface area contributed by atoms with Gasteiger partial charge in [-0.15, -0.1) is 0 Å². The zero-order valence-electron chi connectivity index (χ0n) is 9.76. The van der Waals surface area contributed by atoms with Crippen molar-refractivity contribution >= 4 is 11.8 Å². The lowest BCUT2D eigenvalue weighted by molar-refractivity contribution is 0.343. The Kier molecular flexibility index (Phi) is 4.50. The van der Waals surface area contributed by atoms with Gasteiger partial charge in [-0.2, -0.15) is 11.8 Å². The van der Waals surface area contributed by atoms with Gasteiger partial charge in [0.25, 0.3) is 0 Å². The lowest BCUT2D eigenvalue weighted by Gasteiger charge is -2.04. The Labute approximate surface area is 105 Å². The van der Waals surface area contributed by atoms with Crippen LogP contribution in [0.2, 0.25) is 0 Å². The van der Waals surface area contributed by atoms with Gasteiger partial charge in [-0.1, -0.05) is 23.4 Å². The SMILES string of the molecule is Cc1cc(CSCCOc2ccccc2)on1. The van der Waals surface area contributed by atoms with E-state index in [4.69, 9.17) is 9.26 Å². The molecule has 2 aromatic rings. The van der Waals surface area contributed by atoms with Crippen LogP contribution >= 0.6 is 11.8 Å². The van der Waals surface area contributed by atoms with Gasteiger partial charge in [-0.05, 0) is 19.1 Å². The second-order valence-electron chi connectivity index (χ2n) is 3.65. The van der Waals surface area contributed by atoms with E-state index >= 15 is 0 Å². The van der Waals surface area contributed by atoms with E-state index in [0.717, 1.165) is 28.7 Å². The van der Waals surface area contributed by atoms with Gasteiger partial charge in [0.2, 0.25) is 0 Å². The number of rotatable bonds is 6. The molecule has 0 unspecified atom stereocenters. The van der Waals surface area contributed by atoms with Crippen LogP contribution in [0.25, 0.3) is 0 Å². The van der Waals surface area contributed by atoms with Gasteiger partial charge < -0.3 is 9.26 Å². The van der Waals surface area contributed by atoms with Crippen molar-refractivity contribution in [3.05, 3.63) is 47.9 Å². The molecule has 0 bridgehead atoms. The molecule has 0 fully saturated rings. The first kappa shape index (κ1) is 12.0. The maximum absolute atomic E-state index is 5.58. The molecule has 0 aliphatic rings. The summed E-state index contributed by atoms with van der Waals surface area (Å²) in [6.45, 7) is 2.64. The molecule has 1 aromatic heterocycles. The van der Waals surface area contributed by atoms with Gasteiger partial charge in [0, 0.05) is 11.8 Å². The smallest absolute Gasteiger partial charge is 0.146 e. The largest absolute Gasteiger partial charge is 0.493 e. The average molecular weight is 249 g/mol. The molecule has 0 aliphatic carbocycles. The van der Waals surface area contributed by atoms with Crippen LogP contribution < -0.4 is 4.74 Å². The summed E-state index contributed by atoms with van der Waals surface area (Å²) in [6.07, 6.45) is 0. The highest BCUT2D eigenvalue weighted by atomic mass is 32.2. The number of benzene rings is 1. The number of ether oxygens (including phenoxy) is 1. The summed E-state index contributed by atoms with van der Waals surface area (Å²) in [7, 11) is 0. The Morgan fingerprint density at radius 2 is 2.12 bits per heavy atom. The third-order valence-corrected chi connectivity index (χ3v) is 3.10. The summed E-state index contributed by atoms with van der Waals surface area (Å²) in [5, 5.41) is 3.84. The summed E-state index contributed by atoms with van der Waals surface area (Å²) in [5.41, 5.74) is 0.932. The van der Waals surface area contributed by atoms with Crippen LogP contribution in [0.4, 0.5) is 0 Å². The predicted molar refractivity (Wildman–Crippen MR) is 69.3 cm³/mol. The molecule has 90 valence electrons. The Morgan fingerprint density at radius 3 is 2.82 bits per heavy atom. The number of aromatic nitrogens is 1. The second-order valence-corrected chi connectivity index (χ2v) is 4.75. The molecule has 2 rings (SSSR count). The number of nitrogens with zero attached hydrogens (tertiary/aromatic N) is 1. The van der Waals surface area contributed by atoms with Crippen molar-refractivity contribution < 1.29 is 9.26 Å². The number of thioether (sulfide) groups is 1. The fourth-order valence-corrected chi connectivity index (χ4v) is 2.07. The molecule has 1 aromatic carbocycles. The van der Waals surface area contributed by atoms with E-state index in [1.54, 1.807) is 11.8 Å². The number of aryl methyl sites for hydroxylation is 1. The van der Waals surface area contributed by atoms with E-state index < -0.39 is 0 Å². The third-order valence-electron chi connectivity index (χ3n) is 2.16. The minimum Gasteiger partial charge on any atom is -0.493 e. The van der Waals surface area contributed by atoms with E-state index in [0.29, 0.717) is 6.61 Å². The molecule has 0 radical (unpaired) electrons. The highest BCUT2D eigenvalue weighted by molar-refractivity contribution is 7.98. The van der Waals surface area contributed by atoms with Crippen LogP contribution in [0, 0.1) is 6.92 Å². The first-order valence-corrected chi connectivity index (χ1v) is 6.68. The van der Waals surface area contributed by atoms with Gasteiger partial charge >= 0.3 is 0 Å². The normalized spacial score (nSPS) is 10.4. The maximum atomic E-state index is 5.58. The fourth-order valence-electron chi connectivity index (χ4n) is 1.39. The quantitative estimate of drug-likeness (QED) is 0.736. The van der Waals surface area contributed by atoms with Crippen molar-refractivity contribution in [3.63, 3.8) is 0 Å². The summed E-state index contributed by atoms with van der Waals surface area (Å²) >= 11 is 1.78. The van der Waals surface area contributed by atoms with Crippen molar-refractivity contribution in [1.29, 1.82) is 0 Å². The zero-order chi connectivity index (χ0) is 11.9. The van der Waals surface area contributed by atoms with Crippen LogP contribution in [0.5, 0.6) is 5.75 Å². The number of para-hydroxylation sites is 1. The van der Waals surface area contributed by atoms with E-state index in [2.05, 4.69) is 5.16 Å². The molecular weight excluding hydrogens is 234 g/mol. The van der Waals surface area contributed by atoms with Crippen LogP contribution in [-0.4, -0.2) is 17.5 Å². The highest BCUT2D eigenvalue weighted by Gasteiger charge is 2.00. The Morgan fingerprint density at radius 1 is 1.29 bits per heavy atom. The van der Waals surface area contributed by atoms with Gasteiger partial charge in [-0.3, -0.25) is 0 Å². The molecule has 0 spiro atoms. The Hall–Kier alpha value is -1.42. The Bertz CT molecular complexity index is 442. The lowest BCUT2D eigenvalue weighted by atomic mass is 10.3. The topological polar surface area (TPSA) is 35.3 Å². The van der Waals surface area contributed by atoms with Gasteiger partial charge in [0.15, 0.2) is 0 Å². The molecule has 4 heteroatoms. The molecule has 0 aliphatic heterocycles. The van der Waals surface area contributed by atoms with E-state index in [1.807, 2.05) is 43.3 Å². The highest BCUT2D eigenvalue weighted by Crippen LogP contribution is 2.14. The van der Waals surface area contributed by atoms with Crippen LogP contribution in [0.1, 0.15) is 11.5 Å². The summed E-state index contributed by atoms with van der Waals surface area (Å²) in [4.78, 5) is 0. The minimum atomic E-state index is 0.710. The molecule has 0 saturated carbocycles. The monoisotopic (exact) mass is 249 g/mol. The van der Waals surface area contributed by atoms with Crippen molar-refractivity contribution in [3.8, 4) is 5.75 Å². The third kappa shape index (κ3) is 4.15. The van der Waals surface area contributed by atoms with E-state index in [9.17, 15) is 0 Å². The number of hydrogen-bond donors (Lipinski definition) is 0. The molecule has 1 heterocycles. The zero-order valence-corrected chi connectivity index (χ0v) is 10.6. The summed E-state index contributed by atoms with van der Waals surface area (Å²) in [5.74, 6) is 3.63. The van der Waals surface area contributed by atoms with Gasteiger partial charge in [0.05, 0.1) is 18.1 Å². The minimum absolute atomic E-state index is 0.710. The van der Waals surface area contributed by atoms with Crippen molar-refractivity contribution in [2.45, 2.75) is 12.7 Å². The Balaban J connectivity index is 1.61. The summed E-state index contributed by atoms with van der Waals surface area (Å²) in [6, 6.07) is 11.8. The van der Waals surface area contributed by atoms with Gasteiger partial charge in [0.1, 0.15) is 11.5 Å². The van der Waals surface area contributed by atoms with Crippen molar-refractivity contribution in [2.75, 3.05) is 12.4 Å². The van der Waals surface area contributed by atoms with Crippen LogP contribution in [0.15, 0.2) is 40.9 Å². The molecule has 0 N–H and O–H groups in total. The maximum Gasteiger partial charge on any atom is 0.146 e. The predicted octanol–water partition coefficient (Wildman–Crippen LogP) is 3.30. The molecular formula is C13H15NO2S. The molecule has 0 atom stereocenters. The van der Waals surface area contributed by atoms with Gasteiger partial charge in [-0.25, -0.2) is 0 Å². The fraction of sp³-hybridized carbons (Fsp3) is 0.308. The first-order valence-electron chi connectivity index (χ1n) is 5.52. The van der Waals surface area contributed by atoms with Crippen molar-refractivity contribution in [2.24, 2.45) is 0 Å². The van der Waals surface area contributed by atoms with E-state index in [1.165, 1.54) is 0 Å². The molecule has 17 heavy (non-hydrogen) atoms. The first-order chi connectivity index (χ1) is 8.34.